The lowest BCUT2D eigenvalue weighted by molar-refractivity contribution is -0.142. The molecule has 5 nitrogen and oxygen atoms in total. The second kappa shape index (κ2) is 10.6. The van der Waals surface area contributed by atoms with Crippen LogP contribution in [-0.4, -0.2) is 35.4 Å². The number of aryl methyl sites for hydroxylation is 1. The summed E-state index contributed by atoms with van der Waals surface area (Å²) in [6, 6.07) is 12.6. The molecule has 2 amide bonds. The van der Waals surface area contributed by atoms with Crippen LogP contribution in [0.15, 0.2) is 48.5 Å². The van der Waals surface area contributed by atoms with Crippen molar-refractivity contribution in [1.29, 1.82) is 0 Å². The molecule has 0 heterocycles. The monoisotopic (exact) mass is 400 g/mol. The number of carbonyl (C=O) groups excluding carboxylic acids is 2. The van der Waals surface area contributed by atoms with Crippen LogP contribution in [0.25, 0.3) is 0 Å². The zero-order valence-corrected chi connectivity index (χ0v) is 17.4. The van der Waals surface area contributed by atoms with E-state index in [9.17, 15) is 14.0 Å². The molecule has 2 atom stereocenters. The van der Waals surface area contributed by atoms with Gasteiger partial charge in [0.1, 0.15) is 17.6 Å². The fraction of sp³-hybridized carbons (Fsp3) is 0.391. The summed E-state index contributed by atoms with van der Waals surface area (Å²) in [5.41, 5.74) is 2.00. The predicted molar refractivity (Wildman–Crippen MR) is 111 cm³/mol. The molecule has 1 N–H and O–H groups in total. The van der Waals surface area contributed by atoms with E-state index in [4.69, 9.17) is 4.74 Å². The molecule has 0 aliphatic heterocycles. The molecule has 156 valence electrons. The average molecular weight is 400 g/mol. The zero-order chi connectivity index (χ0) is 21.4. The van der Waals surface area contributed by atoms with Gasteiger partial charge in [-0.3, -0.25) is 9.59 Å². The summed E-state index contributed by atoms with van der Waals surface area (Å²) in [6.45, 7) is 7.66. The van der Waals surface area contributed by atoms with Crippen molar-refractivity contribution < 1.29 is 18.7 Å². The van der Waals surface area contributed by atoms with Gasteiger partial charge >= 0.3 is 0 Å². The van der Waals surface area contributed by atoms with Gasteiger partial charge in [-0.2, -0.15) is 0 Å². The number of nitrogens with one attached hydrogen (secondary N) is 1. The number of halogens is 1. The molecule has 2 rings (SSSR count). The molecule has 0 bridgehead atoms. The summed E-state index contributed by atoms with van der Waals surface area (Å²) in [5, 5.41) is 2.93. The van der Waals surface area contributed by atoms with Crippen LogP contribution >= 0.6 is 0 Å². The van der Waals surface area contributed by atoms with Crippen molar-refractivity contribution in [3.05, 3.63) is 65.5 Å². The van der Waals surface area contributed by atoms with Gasteiger partial charge in [0.25, 0.3) is 5.91 Å². The fourth-order valence-corrected chi connectivity index (χ4v) is 2.78. The Bertz CT molecular complexity index is 823. The van der Waals surface area contributed by atoms with Crippen molar-refractivity contribution in [2.24, 2.45) is 0 Å². The molecule has 29 heavy (non-hydrogen) atoms. The summed E-state index contributed by atoms with van der Waals surface area (Å²) in [7, 11) is 0. The SMILES string of the molecule is CC[C@@H](C)NC(=O)[C@H](C)N(Cc1ccccc1C)C(=O)COc1ccc(F)cc1. The summed E-state index contributed by atoms with van der Waals surface area (Å²) in [6.07, 6.45) is 0.803. The summed E-state index contributed by atoms with van der Waals surface area (Å²) >= 11 is 0. The van der Waals surface area contributed by atoms with Gasteiger partial charge < -0.3 is 15.0 Å². The smallest absolute Gasteiger partial charge is 0.261 e. The molecule has 0 radical (unpaired) electrons. The van der Waals surface area contributed by atoms with Crippen LogP contribution < -0.4 is 10.1 Å². The van der Waals surface area contributed by atoms with Gasteiger partial charge in [0, 0.05) is 12.6 Å². The second-order valence-corrected chi connectivity index (χ2v) is 7.18. The molecule has 0 aliphatic carbocycles. The average Bonchev–Trinajstić information content (AvgIpc) is 2.71. The molecule has 0 aromatic heterocycles. The molecule has 0 spiro atoms. The normalized spacial score (nSPS) is 12.7. The number of nitrogens with zero attached hydrogens (tertiary/aromatic N) is 1. The van der Waals surface area contributed by atoms with Gasteiger partial charge in [-0.1, -0.05) is 31.2 Å². The first kappa shape index (κ1) is 22.4. The predicted octanol–water partition coefficient (Wildman–Crippen LogP) is 3.84. The quantitative estimate of drug-likeness (QED) is 0.696. The Morgan fingerprint density at radius 2 is 1.76 bits per heavy atom. The molecule has 0 saturated carbocycles. The number of carbonyl (C=O) groups is 2. The Hall–Kier alpha value is -2.89. The first-order valence-electron chi connectivity index (χ1n) is 9.84. The lowest BCUT2D eigenvalue weighted by atomic mass is 10.1. The van der Waals surface area contributed by atoms with E-state index in [1.54, 1.807) is 6.92 Å². The largest absolute Gasteiger partial charge is 0.484 e. The van der Waals surface area contributed by atoms with Crippen molar-refractivity contribution in [3.8, 4) is 5.75 Å². The Labute approximate surface area is 171 Å². The number of hydrogen-bond acceptors (Lipinski definition) is 3. The van der Waals surface area contributed by atoms with Gasteiger partial charge in [0.2, 0.25) is 5.91 Å². The van der Waals surface area contributed by atoms with Crippen molar-refractivity contribution >= 4 is 11.8 Å². The number of rotatable bonds is 9. The van der Waals surface area contributed by atoms with E-state index in [0.717, 1.165) is 17.5 Å². The number of hydrogen-bond donors (Lipinski definition) is 1. The van der Waals surface area contributed by atoms with E-state index in [1.807, 2.05) is 45.0 Å². The van der Waals surface area contributed by atoms with Crippen molar-refractivity contribution in [2.45, 2.75) is 52.7 Å². The maximum absolute atomic E-state index is 13.0. The second-order valence-electron chi connectivity index (χ2n) is 7.18. The summed E-state index contributed by atoms with van der Waals surface area (Å²) < 4.78 is 18.6. The van der Waals surface area contributed by atoms with Gasteiger partial charge in [-0.05, 0) is 62.6 Å². The number of benzene rings is 2. The molecule has 2 aromatic rings. The van der Waals surface area contributed by atoms with Gasteiger partial charge in [0.15, 0.2) is 6.61 Å². The molecular formula is C23H29FN2O3. The van der Waals surface area contributed by atoms with E-state index >= 15 is 0 Å². The van der Waals surface area contributed by atoms with Gasteiger partial charge in [0.05, 0.1) is 0 Å². The Morgan fingerprint density at radius 3 is 2.38 bits per heavy atom. The zero-order valence-electron chi connectivity index (χ0n) is 17.4. The fourth-order valence-electron chi connectivity index (χ4n) is 2.78. The third-order valence-electron chi connectivity index (χ3n) is 4.95. The lowest BCUT2D eigenvalue weighted by Crippen LogP contribution is -2.50. The Morgan fingerprint density at radius 1 is 1.10 bits per heavy atom. The first-order valence-corrected chi connectivity index (χ1v) is 9.84. The van der Waals surface area contributed by atoms with Gasteiger partial charge in [-0.25, -0.2) is 4.39 Å². The van der Waals surface area contributed by atoms with Gasteiger partial charge in [-0.15, -0.1) is 0 Å². The minimum atomic E-state index is -0.659. The molecule has 2 aromatic carbocycles. The van der Waals surface area contributed by atoms with E-state index in [0.29, 0.717) is 12.3 Å². The Kier molecular flexibility index (Phi) is 8.19. The molecule has 0 aliphatic rings. The van der Waals surface area contributed by atoms with Crippen LogP contribution in [-0.2, 0) is 16.1 Å². The van der Waals surface area contributed by atoms with Crippen molar-refractivity contribution in [3.63, 3.8) is 0 Å². The number of amides is 2. The highest BCUT2D eigenvalue weighted by atomic mass is 19.1. The number of ether oxygens (including phenoxy) is 1. The lowest BCUT2D eigenvalue weighted by Gasteiger charge is -2.30. The van der Waals surface area contributed by atoms with Crippen LogP contribution in [0.5, 0.6) is 5.75 Å². The van der Waals surface area contributed by atoms with Crippen LogP contribution in [0.1, 0.15) is 38.3 Å². The molecule has 0 unspecified atom stereocenters. The highest BCUT2D eigenvalue weighted by molar-refractivity contribution is 5.88. The highest BCUT2D eigenvalue weighted by Gasteiger charge is 2.27. The maximum Gasteiger partial charge on any atom is 0.261 e. The molecule has 6 heteroatoms. The van der Waals surface area contributed by atoms with Crippen LogP contribution in [0.2, 0.25) is 0 Å². The first-order chi connectivity index (χ1) is 13.8. The standard InChI is InChI=1S/C23H29FN2O3/c1-5-17(3)25-23(28)18(4)26(14-19-9-7-6-8-16(19)2)22(27)15-29-21-12-10-20(24)11-13-21/h6-13,17-18H,5,14-15H2,1-4H3,(H,25,28)/t17-,18+/m1/s1. The molecular weight excluding hydrogens is 371 g/mol. The molecule has 0 saturated heterocycles. The van der Waals surface area contributed by atoms with E-state index in [1.165, 1.54) is 29.2 Å². The van der Waals surface area contributed by atoms with Crippen LogP contribution in [0.3, 0.4) is 0 Å². The topological polar surface area (TPSA) is 58.6 Å². The minimum Gasteiger partial charge on any atom is -0.484 e. The van der Waals surface area contributed by atoms with E-state index < -0.39 is 6.04 Å². The summed E-state index contributed by atoms with van der Waals surface area (Å²) in [5.74, 6) is -0.500. The van der Waals surface area contributed by atoms with Crippen molar-refractivity contribution in [2.75, 3.05) is 6.61 Å². The third-order valence-corrected chi connectivity index (χ3v) is 4.95. The van der Waals surface area contributed by atoms with E-state index in [2.05, 4.69) is 5.32 Å². The van der Waals surface area contributed by atoms with Crippen molar-refractivity contribution in [1.82, 2.24) is 10.2 Å². The van der Waals surface area contributed by atoms with E-state index in [-0.39, 0.29) is 30.3 Å². The third kappa shape index (κ3) is 6.59. The Balaban J connectivity index is 2.15. The maximum atomic E-state index is 13.0. The van der Waals surface area contributed by atoms with Crippen LogP contribution in [0.4, 0.5) is 4.39 Å². The van der Waals surface area contributed by atoms with Crippen LogP contribution in [0, 0.1) is 12.7 Å². The molecule has 0 fully saturated rings. The highest BCUT2D eigenvalue weighted by Crippen LogP contribution is 2.15. The summed E-state index contributed by atoms with van der Waals surface area (Å²) in [4.78, 5) is 27.1. The minimum absolute atomic E-state index is 0.0239.